The van der Waals surface area contributed by atoms with Gasteiger partial charge in [0.2, 0.25) is 11.9 Å². The van der Waals surface area contributed by atoms with Crippen LogP contribution in [0.3, 0.4) is 0 Å². The second kappa shape index (κ2) is 9.60. The number of aromatic amines is 1. The van der Waals surface area contributed by atoms with Crippen LogP contribution in [-0.4, -0.2) is 29.0 Å². The maximum absolute atomic E-state index is 12.9. The van der Waals surface area contributed by atoms with Crippen LogP contribution in [0.15, 0.2) is 58.7 Å². The fraction of sp³-hybridized carbons (Fsp3) is 0.269. The molecule has 3 heterocycles. The highest BCUT2D eigenvalue weighted by Crippen LogP contribution is 2.32. The van der Waals surface area contributed by atoms with Crippen LogP contribution < -0.4 is 15.8 Å². The molecule has 6 nitrogen and oxygen atoms in total. The molecule has 0 bridgehead atoms. The molecule has 34 heavy (non-hydrogen) atoms. The summed E-state index contributed by atoms with van der Waals surface area (Å²) in [6.07, 6.45) is 1.64. The van der Waals surface area contributed by atoms with E-state index in [-0.39, 0.29) is 17.4 Å². The average molecular weight is 493 g/mol. The smallest absolute Gasteiger partial charge is 0.270 e. The predicted octanol–water partition coefficient (Wildman–Crippen LogP) is 5.15. The van der Waals surface area contributed by atoms with Crippen LogP contribution in [0, 0.1) is 12.8 Å². The standard InChI is InChI=1S/C26H25ClN4O2S/c1-16-8-10-17(11-9-16)20-15-34-23-22(20)29-26(30-25(23)33)31-12-4-6-19(14-31)24(32)28-13-18-5-2-3-7-21(18)27/h2-3,5,7-11,15,19H,4,6,12-14H2,1H3,(H,28,32)(H,29,30,33)/t19-/m0/s1. The average Bonchev–Trinajstić information content (AvgIpc) is 3.28. The predicted molar refractivity (Wildman–Crippen MR) is 139 cm³/mol. The number of thiophene rings is 1. The number of H-pyrrole nitrogens is 1. The number of anilines is 1. The van der Waals surface area contributed by atoms with E-state index in [1.54, 1.807) is 0 Å². The minimum Gasteiger partial charge on any atom is -0.352 e. The molecule has 0 spiro atoms. The van der Waals surface area contributed by atoms with Crippen LogP contribution >= 0.6 is 22.9 Å². The third kappa shape index (κ3) is 4.58. The van der Waals surface area contributed by atoms with Crippen LogP contribution in [0.5, 0.6) is 0 Å². The fourth-order valence-corrected chi connectivity index (χ4v) is 5.47. The number of hydrogen-bond donors (Lipinski definition) is 2. The molecule has 2 aromatic carbocycles. The van der Waals surface area contributed by atoms with Crippen LogP contribution in [-0.2, 0) is 11.3 Å². The Hall–Kier alpha value is -3.16. The van der Waals surface area contributed by atoms with Crippen molar-refractivity contribution in [3.8, 4) is 11.1 Å². The van der Waals surface area contributed by atoms with Crippen LogP contribution in [0.2, 0.25) is 5.02 Å². The van der Waals surface area contributed by atoms with Crippen molar-refractivity contribution in [2.75, 3.05) is 18.0 Å². The number of carbonyl (C=O) groups excluding carboxylic acids is 1. The zero-order valence-corrected chi connectivity index (χ0v) is 20.4. The molecule has 2 N–H and O–H groups in total. The highest BCUT2D eigenvalue weighted by molar-refractivity contribution is 7.17. The minimum atomic E-state index is -0.184. The summed E-state index contributed by atoms with van der Waals surface area (Å²) >= 11 is 7.62. The number of amides is 1. The summed E-state index contributed by atoms with van der Waals surface area (Å²) in [5.41, 5.74) is 4.63. The van der Waals surface area contributed by atoms with E-state index in [1.807, 2.05) is 41.5 Å². The molecule has 8 heteroatoms. The van der Waals surface area contributed by atoms with Crippen molar-refractivity contribution in [2.45, 2.75) is 26.3 Å². The van der Waals surface area contributed by atoms with Gasteiger partial charge in [0.15, 0.2) is 0 Å². The fourth-order valence-electron chi connectivity index (χ4n) is 4.36. The molecule has 1 aliphatic heterocycles. The van der Waals surface area contributed by atoms with Gasteiger partial charge in [0, 0.05) is 35.6 Å². The minimum absolute atomic E-state index is 0.0103. The normalized spacial score (nSPS) is 16.1. The Morgan fingerprint density at radius 1 is 1.24 bits per heavy atom. The van der Waals surface area contributed by atoms with Gasteiger partial charge in [0.05, 0.1) is 11.4 Å². The van der Waals surface area contributed by atoms with Gasteiger partial charge < -0.3 is 10.2 Å². The largest absolute Gasteiger partial charge is 0.352 e. The molecule has 1 aliphatic rings. The van der Waals surface area contributed by atoms with Crippen LogP contribution in [0.25, 0.3) is 21.3 Å². The maximum Gasteiger partial charge on any atom is 0.270 e. The summed E-state index contributed by atoms with van der Waals surface area (Å²) in [4.78, 5) is 35.5. The SMILES string of the molecule is Cc1ccc(-c2csc3c(=O)[nH]c(N4CCC[C@H](C(=O)NCc5ccccc5Cl)C4)nc23)cc1. The molecule has 174 valence electrons. The topological polar surface area (TPSA) is 78.1 Å². The van der Waals surface area contributed by atoms with Gasteiger partial charge in [-0.15, -0.1) is 11.3 Å². The van der Waals surface area contributed by atoms with Gasteiger partial charge in [0.25, 0.3) is 5.56 Å². The summed E-state index contributed by atoms with van der Waals surface area (Å²) in [5.74, 6) is 0.327. The van der Waals surface area contributed by atoms with E-state index in [4.69, 9.17) is 16.6 Å². The summed E-state index contributed by atoms with van der Waals surface area (Å²) < 4.78 is 0.616. The molecule has 1 atom stereocenters. The van der Waals surface area contributed by atoms with Gasteiger partial charge in [-0.2, -0.15) is 0 Å². The molecule has 1 fully saturated rings. The van der Waals surface area contributed by atoms with Crippen molar-refractivity contribution in [1.82, 2.24) is 15.3 Å². The number of nitrogens with zero attached hydrogens (tertiary/aromatic N) is 2. The van der Waals surface area contributed by atoms with E-state index in [0.29, 0.717) is 34.3 Å². The highest BCUT2D eigenvalue weighted by atomic mass is 35.5. The number of piperidine rings is 1. The van der Waals surface area contributed by atoms with E-state index in [1.165, 1.54) is 16.9 Å². The van der Waals surface area contributed by atoms with Gasteiger partial charge in [-0.05, 0) is 37.0 Å². The molecule has 4 aromatic rings. The monoisotopic (exact) mass is 492 g/mol. The number of rotatable bonds is 5. The summed E-state index contributed by atoms with van der Waals surface area (Å²) in [6.45, 7) is 3.69. The third-order valence-corrected chi connectivity index (χ3v) is 7.62. The van der Waals surface area contributed by atoms with Gasteiger partial charge in [0.1, 0.15) is 4.70 Å². The van der Waals surface area contributed by atoms with Crippen molar-refractivity contribution in [3.05, 3.63) is 80.4 Å². The number of nitrogens with one attached hydrogen (secondary N) is 2. The number of benzene rings is 2. The Bertz CT molecular complexity index is 1400. The van der Waals surface area contributed by atoms with Crippen molar-refractivity contribution >= 4 is 45.0 Å². The molecule has 2 aromatic heterocycles. The first-order valence-corrected chi connectivity index (χ1v) is 12.6. The van der Waals surface area contributed by atoms with Crippen LogP contribution in [0.1, 0.15) is 24.0 Å². The number of halogens is 1. The Kier molecular flexibility index (Phi) is 6.39. The molecule has 5 rings (SSSR count). The van der Waals surface area contributed by atoms with E-state index in [2.05, 4.69) is 34.6 Å². The molecule has 1 amide bonds. The van der Waals surface area contributed by atoms with Gasteiger partial charge in [-0.25, -0.2) is 4.98 Å². The second-order valence-corrected chi connectivity index (χ2v) is 9.96. The lowest BCUT2D eigenvalue weighted by Crippen LogP contribution is -2.44. The number of carbonyl (C=O) groups is 1. The molecular formula is C26H25ClN4O2S. The molecular weight excluding hydrogens is 468 g/mol. The van der Waals surface area contributed by atoms with Gasteiger partial charge in [-0.1, -0.05) is 59.6 Å². The molecule has 0 aliphatic carbocycles. The molecule has 0 unspecified atom stereocenters. The summed E-state index contributed by atoms with van der Waals surface area (Å²) in [5, 5.41) is 5.64. The quantitative estimate of drug-likeness (QED) is 0.404. The zero-order valence-electron chi connectivity index (χ0n) is 18.8. The van der Waals surface area contributed by atoms with E-state index in [9.17, 15) is 9.59 Å². The zero-order chi connectivity index (χ0) is 23.7. The lowest BCUT2D eigenvalue weighted by atomic mass is 9.97. The van der Waals surface area contributed by atoms with E-state index in [0.717, 1.165) is 36.1 Å². The molecule has 1 saturated heterocycles. The highest BCUT2D eigenvalue weighted by Gasteiger charge is 2.27. The summed E-state index contributed by atoms with van der Waals surface area (Å²) in [6, 6.07) is 15.7. The van der Waals surface area contributed by atoms with Gasteiger partial charge >= 0.3 is 0 Å². The summed E-state index contributed by atoms with van der Waals surface area (Å²) in [7, 11) is 0. The third-order valence-electron chi connectivity index (χ3n) is 6.28. The second-order valence-electron chi connectivity index (χ2n) is 8.68. The lowest BCUT2D eigenvalue weighted by molar-refractivity contribution is -0.125. The van der Waals surface area contributed by atoms with E-state index >= 15 is 0 Å². The maximum atomic E-state index is 12.9. The lowest BCUT2D eigenvalue weighted by Gasteiger charge is -2.32. The Morgan fingerprint density at radius 3 is 2.82 bits per heavy atom. The first-order valence-electron chi connectivity index (χ1n) is 11.3. The molecule has 0 radical (unpaired) electrons. The Balaban J connectivity index is 1.36. The first-order chi connectivity index (χ1) is 16.5. The number of hydrogen-bond acceptors (Lipinski definition) is 5. The number of aryl methyl sites for hydroxylation is 1. The van der Waals surface area contributed by atoms with E-state index < -0.39 is 0 Å². The van der Waals surface area contributed by atoms with Crippen molar-refractivity contribution in [3.63, 3.8) is 0 Å². The Labute approximate surface area is 206 Å². The van der Waals surface area contributed by atoms with Gasteiger partial charge in [-0.3, -0.25) is 14.6 Å². The van der Waals surface area contributed by atoms with Crippen LogP contribution in [0.4, 0.5) is 5.95 Å². The van der Waals surface area contributed by atoms with Crippen molar-refractivity contribution < 1.29 is 4.79 Å². The van der Waals surface area contributed by atoms with Crippen molar-refractivity contribution in [1.29, 1.82) is 0 Å². The number of fused-ring (bicyclic) bond motifs is 1. The van der Waals surface area contributed by atoms with Crippen molar-refractivity contribution in [2.24, 2.45) is 5.92 Å². The first kappa shape index (κ1) is 22.6. The number of aromatic nitrogens is 2. The molecule has 0 saturated carbocycles. The Morgan fingerprint density at radius 2 is 2.03 bits per heavy atom.